The number of carbonyl (C=O) groups is 1. The van der Waals surface area contributed by atoms with Crippen molar-refractivity contribution in [3.8, 4) is 5.75 Å². The fourth-order valence-corrected chi connectivity index (χ4v) is 2.33. The Labute approximate surface area is 149 Å². The number of halogens is 3. The Hall–Kier alpha value is -2.54. The lowest BCUT2D eigenvalue weighted by molar-refractivity contribution is -0.137. The molecule has 2 rings (SSSR count). The van der Waals surface area contributed by atoms with Crippen LogP contribution in [0, 0.1) is 13.8 Å². The van der Waals surface area contributed by atoms with Crippen LogP contribution in [-0.2, 0) is 10.9 Å². The van der Waals surface area contributed by atoms with Crippen molar-refractivity contribution in [1.29, 1.82) is 0 Å². The maximum Gasteiger partial charge on any atom is 0.416 e. The van der Waals surface area contributed by atoms with Crippen molar-refractivity contribution in [2.24, 2.45) is 0 Å². The SMILES string of the molecule is COCCOc1ccc(C(F)(F)F)cc1NC(=O)c1cc(C)ccc1C. The van der Waals surface area contributed by atoms with E-state index in [-0.39, 0.29) is 24.7 Å². The van der Waals surface area contributed by atoms with Crippen LogP contribution >= 0.6 is 0 Å². The number of anilines is 1. The summed E-state index contributed by atoms with van der Waals surface area (Å²) in [4.78, 5) is 12.6. The van der Waals surface area contributed by atoms with Gasteiger partial charge in [-0.25, -0.2) is 0 Å². The molecular weight excluding hydrogens is 347 g/mol. The number of alkyl halides is 3. The lowest BCUT2D eigenvalue weighted by Gasteiger charge is -2.16. The van der Waals surface area contributed by atoms with E-state index < -0.39 is 17.6 Å². The predicted molar refractivity (Wildman–Crippen MR) is 92.7 cm³/mol. The van der Waals surface area contributed by atoms with Gasteiger partial charge in [-0.15, -0.1) is 0 Å². The molecule has 7 heteroatoms. The molecule has 0 atom stereocenters. The van der Waals surface area contributed by atoms with E-state index in [2.05, 4.69) is 5.32 Å². The van der Waals surface area contributed by atoms with Crippen molar-refractivity contribution >= 4 is 11.6 Å². The second-order valence-corrected chi connectivity index (χ2v) is 5.82. The van der Waals surface area contributed by atoms with E-state index in [0.717, 1.165) is 23.3 Å². The van der Waals surface area contributed by atoms with Gasteiger partial charge in [0.05, 0.1) is 17.9 Å². The first kappa shape index (κ1) is 19.8. The van der Waals surface area contributed by atoms with E-state index in [0.29, 0.717) is 5.56 Å². The van der Waals surface area contributed by atoms with Gasteiger partial charge in [0.1, 0.15) is 12.4 Å². The van der Waals surface area contributed by atoms with Gasteiger partial charge in [-0.3, -0.25) is 4.79 Å². The Morgan fingerprint density at radius 1 is 1.08 bits per heavy atom. The Balaban J connectivity index is 2.34. The van der Waals surface area contributed by atoms with E-state index >= 15 is 0 Å². The van der Waals surface area contributed by atoms with Gasteiger partial charge in [-0.1, -0.05) is 17.7 Å². The van der Waals surface area contributed by atoms with E-state index in [1.165, 1.54) is 13.2 Å². The van der Waals surface area contributed by atoms with E-state index in [9.17, 15) is 18.0 Å². The Morgan fingerprint density at radius 3 is 2.46 bits per heavy atom. The number of hydrogen-bond donors (Lipinski definition) is 1. The molecular formula is C19H20F3NO3. The van der Waals surface area contributed by atoms with E-state index in [1.807, 2.05) is 13.0 Å². The number of nitrogens with one attached hydrogen (secondary N) is 1. The zero-order valence-corrected chi connectivity index (χ0v) is 14.7. The molecule has 1 N–H and O–H groups in total. The lowest BCUT2D eigenvalue weighted by atomic mass is 10.0. The summed E-state index contributed by atoms with van der Waals surface area (Å²) >= 11 is 0. The first-order valence-electron chi connectivity index (χ1n) is 7.94. The van der Waals surface area contributed by atoms with Crippen molar-refractivity contribution in [3.05, 3.63) is 58.7 Å². The number of carbonyl (C=O) groups excluding carboxylic acids is 1. The molecule has 0 unspecified atom stereocenters. The van der Waals surface area contributed by atoms with Gasteiger partial charge in [0.25, 0.3) is 5.91 Å². The van der Waals surface area contributed by atoms with Gasteiger partial charge in [0.2, 0.25) is 0 Å². The van der Waals surface area contributed by atoms with E-state index in [4.69, 9.17) is 9.47 Å². The fraction of sp³-hybridized carbons (Fsp3) is 0.316. The maximum absolute atomic E-state index is 13.0. The largest absolute Gasteiger partial charge is 0.489 e. The van der Waals surface area contributed by atoms with Crippen LogP contribution in [0.1, 0.15) is 27.0 Å². The first-order chi connectivity index (χ1) is 12.2. The molecule has 0 spiro atoms. The van der Waals surface area contributed by atoms with E-state index in [1.54, 1.807) is 19.1 Å². The van der Waals surface area contributed by atoms with Crippen LogP contribution in [0.25, 0.3) is 0 Å². The van der Waals surface area contributed by atoms with Crippen LogP contribution in [0.3, 0.4) is 0 Å². The summed E-state index contributed by atoms with van der Waals surface area (Å²) in [6.45, 7) is 4.01. The second-order valence-electron chi connectivity index (χ2n) is 5.82. The minimum Gasteiger partial charge on any atom is -0.489 e. The number of hydrogen-bond acceptors (Lipinski definition) is 3. The highest BCUT2D eigenvalue weighted by molar-refractivity contribution is 6.06. The van der Waals surface area contributed by atoms with Crippen LogP contribution in [-0.4, -0.2) is 26.2 Å². The molecule has 0 aromatic heterocycles. The van der Waals surface area contributed by atoms with Crippen molar-refractivity contribution in [2.75, 3.05) is 25.6 Å². The zero-order chi connectivity index (χ0) is 19.3. The second kappa shape index (κ2) is 8.23. The normalized spacial score (nSPS) is 11.3. The highest BCUT2D eigenvalue weighted by atomic mass is 19.4. The summed E-state index contributed by atoms with van der Waals surface area (Å²) in [6.07, 6.45) is -4.52. The van der Waals surface area contributed by atoms with Crippen molar-refractivity contribution < 1.29 is 27.4 Å². The minimum atomic E-state index is -4.52. The van der Waals surface area contributed by atoms with Crippen molar-refractivity contribution in [1.82, 2.24) is 0 Å². The number of ether oxygens (including phenoxy) is 2. The van der Waals surface area contributed by atoms with Gasteiger partial charge in [0.15, 0.2) is 0 Å². The summed E-state index contributed by atoms with van der Waals surface area (Å²) in [5, 5.41) is 2.53. The molecule has 1 amide bonds. The molecule has 2 aromatic rings. The van der Waals surface area contributed by atoms with Gasteiger partial charge >= 0.3 is 6.18 Å². The van der Waals surface area contributed by atoms with Crippen molar-refractivity contribution in [2.45, 2.75) is 20.0 Å². The Bertz CT molecular complexity index is 788. The van der Waals surface area contributed by atoms with Crippen LogP contribution in [0.15, 0.2) is 36.4 Å². The monoisotopic (exact) mass is 367 g/mol. The molecule has 0 saturated heterocycles. The zero-order valence-electron chi connectivity index (χ0n) is 14.7. The molecule has 0 bridgehead atoms. The molecule has 0 aliphatic rings. The number of methoxy groups -OCH3 is 1. The molecule has 2 aromatic carbocycles. The summed E-state index contributed by atoms with van der Waals surface area (Å²) in [7, 11) is 1.49. The molecule has 0 saturated carbocycles. The standard InChI is InChI=1S/C19H20F3NO3/c1-12-4-5-13(2)15(10-12)18(24)23-16-11-14(19(20,21)22)6-7-17(16)26-9-8-25-3/h4-7,10-11H,8-9H2,1-3H3,(H,23,24). The summed E-state index contributed by atoms with van der Waals surface area (Å²) in [5.74, 6) is -0.351. The highest BCUT2D eigenvalue weighted by Crippen LogP contribution is 2.35. The molecule has 140 valence electrons. The molecule has 0 aliphatic carbocycles. The molecule has 0 radical (unpaired) electrons. The first-order valence-corrected chi connectivity index (χ1v) is 7.94. The quantitative estimate of drug-likeness (QED) is 0.759. The fourth-order valence-electron chi connectivity index (χ4n) is 2.33. The molecule has 4 nitrogen and oxygen atoms in total. The van der Waals surface area contributed by atoms with Crippen LogP contribution in [0.5, 0.6) is 5.75 Å². The highest BCUT2D eigenvalue weighted by Gasteiger charge is 2.31. The topological polar surface area (TPSA) is 47.6 Å². The summed E-state index contributed by atoms with van der Waals surface area (Å²) < 4.78 is 49.3. The van der Waals surface area contributed by atoms with Crippen LogP contribution in [0.4, 0.5) is 18.9 Å². The predicted octanol–water partition coefficient (Wildman–Crippen LogP) is 4.60. The van der Waals surface area contributed by atoms with Gasteiger partial charge in [0, 0.05) is 12.7 Å². The number of amides is 1. The average molecular weight is 367 g/mol. The number of rotatable bonds is 6. The third-order valence-corrected chi connectivity index (χ3v) is 3.74. The van der Waals surface area contributed by atoms with Gasteiger partial charge in [-0.05, 0) is 43.7 Å². The van der Waals surface area contributed by atoms with Crippen LogP contribution in [0.2, 0.25) is 0 Å². The number of aryl methyl sites for hydroxylation is 2. The van der Waals surface area contributed by atoms with Gasteiger partial charge < -0.3 is 14.8 Å². The lowest BCUT2D eigenvalue weighted by Crippen LogP contribution is -2.16. The molecule has 0 fully saturated rings. The van der Waals surface area contributed by atoms with Gasteiger partial charge in [-0.2, -0.15) is 13.2 Å². The number of benzene rings is 2. The maximum atomic E-state index is 13.0. The Kier molecular flexibility index (Phi) is 6.26. The minimum absolute atomic E-state index is 0.0400. The third kappa shape index (κ3) is 4.98. The molecule has 0 heterocycles. The smallest absolute Gasteiger partial charge is 0.416 e. The molecule has 0 aliphatic heterocycles. The third-order valence-electron chi connectivity index (χ3n) is 3.74. The average Bonchev–Trinajstić information content (AvgIpc) is 2.57. The van der Waals surface area contributed by atoms with Crippen molar-refractivity contribution in [3.63, 3.8) is 0 Å². The Morgan fingerprint density at radius 2 is 1.81 bits per heavy atom. The summed E-state index contributed by atoms with van der Waals surface area (Å²) in [6, 6.07) is 8.30. The van der Waals surface area contributed by atoms with Crippen LogP contribution < -0.4 is 10.1 Å². The molecule has 26 heavy (non-hydrogen) atoms. The summed E-state index contributed by atoms with van der Waals surface area (Å²) in [5.41, 5.74) is 1.09.